The van der Waals surface area contributed by atoms with E-state index in [1.54, 1.807) is 36.4 Å². The van der Waals surface area contributed by atoms with Gasteiger partial charge in [-0.25, -0.2) is 8.42 Å². The lowest BCUT2D eigenvalue weighted by Crippen LogP contribution is -2.32. The molecule has 1 aromatic heterocycles. The fourth-order valence-electron chi connectivity index (χ4n) is 2.80. The minimum atomic E-state index is -3.53. The third kappa shape index (κ3) is 5.73. The van der Waals surface area contributed by atoms with Crippen molar-refractivity contribution in [3.8, 4) is 0 Å². The third-order valence-corrected chi connectivity index (χ3v) is 5.95. The highest BCUT2D eigenvalue weighted by Crippen LogP contribution is 2.20. The number of benzene rings is 1. The van der Waals surface area contributed by atoms with Gasteiger partial charge in [0, 0.05) is 11.6 Å². The maximum absolute atomic E-state index is 12.5. The average Bonchev–Trinajstić information content (AvgIpc) is 3.07. The van der Waals surface area contributed by atoms with E-state index < -0.39 is 9.84 Å². The normalized spacial score (nSPS) is 12.7. The van der Waals surface area contributed by atoms with Crippen LogP contribution < -0.4 is 5.32 Å². The van der Waals surface area contributed by atoms with Gasteiger partial charge in [0.25, 0.3) is 5.91 Å². The lowest BCUT2D eigenvalue weighted by molar-refractivity contribution is 0.0909. The average molecular weight is 378 g/mol. The molecule has 26 heavy (non-hydrogen) atoms. The van der Waals surface area contributed by atoms with Gasteiger partial charge in [-0.15, -0.1) is 0 Å². The summed E-state index contributed by atoms with van der Waals surface area (Å²) in [7, 11) is -3.53. The van der Waals surface area contributed by atoms with Crippen molar-refractivity contribution in [1.82, 2.24) is 5.32 Å². The van der Waals surface area contributed by atoms with E-state index >= 15 is 0 Å². The molecule has 6 heteroatoms. The van der Waals surface area contributed by atoms with Crippen LogP contribution in [0.5, 0.6) is 0 Å². The first-order chi connectivity index (χ1) is 12.4. The van der Waals surface area contributed by atoms with Gasteiger partial charge >= 0.3 is 0 Å². The Bertz CT molecular complexity index is 796. The van der Waals surface area contributed by atoms with E-state index in [1.807, 2.05) is 6.92 Å². The number of sulfone groups is 1. The van der Waals surface area contributed by atoms with Crippen LogP contribution >= 0.6 is 0 Å². The van der Waals surface area contributed by atoms with Gasteiger partial charge in [-0.1, -0.05) is 50.8 Å². The van der Waals surface area contributed by atoms with Crippen molar-refractivity contribution in [2.45, 2.75) is 62.6 Å². The second-order valence-electron chi connectivity index (χ2n) is 6.57. The molecule has 0 spiro atoms. The largest absolute Gasteiger partial charge is 0.459 e. The number of carbonyl (C=O) groups is 1. The molecule has 1 aromatic carbocycles. The van der Waals surface area contributed by atoms with Crippen molar-refractivity contribution in [2.75, 3.05) is 0 Å². The molecule has 0 aliphatic carbocycles. The van der Waals surface area contributed by atoms with Crippen molar-refractivity contribution in [1.29, 1.82) is 0 Å². The lowest BCUT2D eigenvalue weighted by Gasteiger charge is -2.13. The van der Waals surface area contributed by atoms with Crippen molar-refractivity contribution < 1.29 is 17.6 Å². The molecule has 1 atom stereocenters. The van der Waals surface area contributed by atoms with Gasteiger partial charge in [0.1, 0.15) is 0 Å². The summed E-state index contributed by atoms with van der Waals surface area (Å²) in [5, 5.41) is 2.90. The first kappa shape index (κ1) is 20.2. The van der Waals surface area contributed by atoms with E-state index in [0.717, 1.165) is 19.3 Å². The van der Waals surface area contributed by atoms with Crippen molar-refractivity contribution >= 4 is 15.7 Å². The maximum atomic E-state index is 12.5. The Balaban J connectivity index is 2.00. The summed E-state index contributed by atoms with van der Waals surface area (Å²) in [5.74, 6) is -0.553. The minimum Gasteiger partial charge on any atom is -0.459 e. The SMILES string of the molecule is CCCCCCC(C)NC(=O)c1occc1CS(=O)(=O)c1ccccc1. The molecule has 0 fully saturated rings. The maximum Gasteiger partial charge on any atom is 0.287 e. The second kappa shape index (κ2) is 9.57. The molecule has 1 unspecified atom stereocenters. The van der Waals surface area contributed by atoms with Crippen LogP contribution in [0, 0.1) is 0 Å². The Labute approximate surface area is 155 Å². The number of unbranched alkanes of at least 4 members (excludes halogenated alkanes) is 3. The summed E-state index contributed by atoms with van der Waals surface area (Å²) < 4.78 is 30.3. The van der Waals surface area contributed by atoms with Gasteiger partial charge in [0.2, 0.25) is 0 Å². The number of nitrogens with one attached hydrogen (secondary N) is 1. The van der Waals surface area contributed by atoms with Crippen LogP contribution in [0.15, 0.2) is 52.0 Å². The lowest BCUT2D eigenvalue weighted by atomic mass is 10.1. The molecular formula is C20H27NO4S. The number of furan rings is 1. The monoisotopic (exact) mass is 377 g/mol. The molecule has 1 heterocycles. The summed E-state index contributed by atoms with van der Waals surface area (Å²) in [6.07, 6.45) is 6.83. The Morgan fingerprint density at radius 2 is 1.85 bits per heavy atom. The minimum absolute atomic E-state index is 0.0167. The predicted molar refractivity (Wildman–Crippen MR) is 102 cm³/mol. The molecule has 142 valence electrons. The molecule has 1 N–H and O–H groups in total. The van der Waals surface area contributed by atoms with Crippen LogP contribution in [0.25, 0.3) is 0 Å². The van der Waals surface area contributed by atoms with Crippen LogP contribution in [-0.4, -0.2) is 20.4 Å². The number of carbonyl (C=O) groups excluding carboxylic acids is 1. The molecule has 2 rings (SSSR count). The zero-order chi connectivity index (χ0) is 19.0. The highest BCUT2D eigenvalue weighted by Gasteiger charge is 2.23. The summed E-state index contributed by atoms with van der Waals surface area (Å²) in [5.41, 5.74) is 0.379. The number of amides is 1. The topological polar surface area (TPSA) is 76.4 Å². The number of hydrogen-bond donors (Lipinski definition) is 1. The molecule has 0 saturated heterocycles. The van der Waals surface area contributed by atoms with Crippen molar-refractivity contribution in [3.63, 3.8) is 0 Å². The van der Waals surface area contributed by atoms with Gasteiger partial charge in [0.15, 0.2) is 15.6 Å². The molecule has 0 radical (unpaired) electrons. The fraction of sp³-hybridized carbons (Fsp3) is 0.450. The molecule has 5 nitrogen and oxygen atoms in total. The van der Waals surface area contributed by atoms with Crippen LogP contribution in [0.4, 0.5) is 0 Å². The Morgan fingerprint density at radius 1 is 1.12 bits per heavy atom. The molecule has 2 aromatic rings. The molecule has 0 bridgehead atoms. The second-order valence-corrected chi connectivity index (χ2v) is 8.56. The highest BCUT2D eigenvalue weighted by atomic mass is 32.2. The summed E-state index contributed by atoms with van der Waals surface area (Å²) in [6, 6.07) is 9.77. The van der Waals surface area contributed by atoms with Gasteiger partial charge in [-0.3, -0.25) is 4.79 Å². The first-order valence-corrected chi connectivity index (χ1v) is 10.7. The predicted octanol–water partition coefficient (Wildman–Crippen LogP) is 4.34. The molecule has 0 aliphatic heterocycles. The standard InChI is InChI=1S/C20H27NO4S/c1-3-4-5-7-10-16(2)21-20(22)19-17(13-14-25-19)15-26(23,24)18-11-8-6-9-12-18/h6,8-9,11-14,16H,3-5,7,10,15H2,1-2H3,(H,21,22). The first-order valence-electron chi connectivity index (χ1n) is 9.09. The zero-order valence-corrected chi connectivity index (χ0v) is 16.2. The van der Waals surface area contributed by atoms with Gasteiger partial charge in [-0.05, 0) is 31.5 Å². The van der Waals surface area contributed by atoms with Gasteiger partial charge < -0.3 is 9.73 Å². The molecule has 0 aliphatic rings. The van der Waals surface area contributed by atoms with Gasteiger partial charge in [-0.2, -0.15) is 0 Å². The Hall–Kier alpha value is -2.08. The fourth-order valence-corrected chi connectivity index (χ4v) is 4.18. The van der Waals surface area contributed by atoms with E-state index in [-0.39, 0.29) is 28.4 Å². The number of rotatable bonds is 10. The van der Waals surface area contributed by atoms with E-state index in [9.17, 15) is 13.2 Å². The zero-order valence-electron chi connectivity index (χ0n) is 15.4. The van der Waals surface area contributed by atoms with E-state index in [0.29, 0.717) is 5.56 Å². The van der Waals surface area contributed by atoms with Gasteiger partial charge in [0.05, 0.1) is 16.9 Å². The van der Waals surface area contributed by atoms with E-state index in [1.165, 1.54) is 19.1 Å². The van der Waals surface area contributed by atoms with Crippen LogP contribution in [0.2, 0.25) is 0 Å². The Kier molecular flexibility index (Phi) is 7.45. The van der Waals surface area contributed by atoms with Crippen molar-refractivity contribution in [2.24, 2.45) is 0 Å². The Morgan fingerprint density at radius 3 is 2.54 bits per heavy atom. The summed E-state index contributed by atoms with van der Waals surface area (Å²) in [6.45, 7) is 4.11. The highest BCUT2D eigenvalue weighted by molar-refractivity contribution is 7.90. The molecule has 1 amide bonds. The van der Waals surface area contributed by atoms with Crippen LogP contribution in [0.3, 0.4) is 0 Å². The van der Waals surface area contributed by atoms with E-state index in [4.69, 9.17) is 4.42 Å². The molecule has 0 saturated carbocycles. The summed E-state index contributed by atoms with van der Waals surface area (Å²) in [4.78, 5) is 12.7. The quantitative estimate of drug-likeness (QED) is 0.625. The van der Waals surface area contributed by atoms with Crippen LogP contribution in [0.1, 0.15) is 62.1 Å². The van der Waals surface area contributed by atoms with Crippen molar-refractivity contribution in [3.05, 3.63) is 54.0 Å². The third-order valence-electron chi connectivity index (χ3n) is 4.27. The summed E-state index contributed by atoms with van der Waals surface area (Å²) >= 11 is 0. The van der Waals surface area contributed by atoms with E-state index in [2.05, 4.69) is 12.2 Å². The molecular weight excluding hydrogens is 350 g/mol. The van der Waals surface area contributed by atoms with Crippen LogP contribution in [-0.2, 0) is 15.6 Å². The number of hydrogen-bond acceptors (Lipinski definition) is 4. The smallest absolute Gasteiger partial charge is 0.287 e.